The molecule has 138 valence electrons. The molecule has 0 unspecified atom stereocenters. The van der Waals surface area contributed by atoms with E-state index in [9.17, 15) is 0 Å². The van der Waals surface area contributed by atoms with E-state index in [4.69, 9.17) is 18.8 Å². The Kier molecular flexibility index (Phi) is 5.47. The van der Waals surface area contributed by atoms with E-state index in [1.54, 1.807) is 7.11 Å². The minimum absolute atomic E-state index is 0.227. The maximum Gasteiger partial charge on any atom is 0.498 e. The SMILES string of the molecule is COCOc1cc2c(cc1B1OC(C)(C)C(C)(C)O1)CCCCCC2. The van der Waals surface area contributed by atoms with Crippen LogP contribution in [0.25, 0.3) is 0 Å². The largest absolute Gasteiger partial charge is 0.498 e. The zero-order valence-corrected chi connectivity index (χ0v) is 16.3. The molecule has 1 aliphatic carbocycles. The quantitative estimate of drug-likeness (QED) is 0.616. The lowest BCUT2D eigenvalue weighted by atomic mass is 9.75. The Balaban J connectivity index is 1.97. The van der Waals surface area contributed by atoms with E-state index < -0.39 is 7.12 Å². The van der Waals surface area contributed by atoms with Crippen molar-refractivity contribution in [1.29, 1.82) is 0 Å². The summed E-state index contributed by atoms with van der Waals surface area (Å²) in [4.78, 5) is 0. The van der Waals surface area contributed by atoms with Gasteiger partial charge in [-0.3, -0.25) is 0 Å². The maximum absolute atomic E-state index is 6.27. The standard InChI is InChI=1S/C20H31BO4/c1-19(2)20(3,4)25-21(24-19)17-12-15-10-8-6-7-9-11-16(15)13-18(17)23-14-22-5/h12-13H,6-11,14H2,1-5H3. The molecule has 25 heavy (non-hydrogen) atoms. The average Bonchev–Trinajstić information content (AvgIpc) is 2.74. The smallest absolute Gasteiger partial charge is 0.468 e. The normalized spacial score (nSPS) is 22.2. The van der Waals surface area contributed by atoms with Crippen molar-refractivity contribution < 1.29 is 18.8 Å². The van der Waals surface area contributed by atoms with Gasteiger partial charge in [-0.1, -0.05) is 18.9 Å². The summed E-state index contributed by atoms with van der Waals surface area (Å²) in [7, 11) is 1.23. The van der Waals surface area contributed by atoms with Crippen LogP contribution in [0, 0.1) is 0 Å². The van der Waals surface area contributed by atoms with Gasteiger partial charge < -0.3 is 18.8 Å². The summed E-state index contributed by atoms with van der Waals surface area (Å²) in [6.07, 6.45) is 7.34. The third-order valence-electron chi connectivity index (χ3n) is 5.81. The summed E-state index contributed by atoms with van der Waals surface area (Å²) in [6, 6.07) is 4.42. The number of hydrogen-bond donors (Lipinski definition) is 0. The van der Waals surface area contributed by atoms with E-state index in [2.05, 4.69) is 39.8 Å². The summed E-state index contributed by atoms with van der Waals surface area (Å²) in [6.45, 7) is 8.55. The molecule has 0 saturated carbocycles. The van der Waals surface area contributed by atoms with E-state index in [1.165, 1.54) is 36.8 Å². The molecule has 1 fully saturated rings. The van der Waals surface area contributed by atoms with Gasteiger partial charge in [0, 0.05) is 12.6 Å². The lowest BCUT2D eigenvalue weighted by Crippen LogP contribution is -2.41. The second kappa shape index (κ2) is 7.30. The molecular weight excluding hydrogens is 315 g/mol. The third-order valence-corrected chi connectivity index (χ3v) is 5.81. The molecule has 1 aliphatic heterocycles. The first kappa shape index (κ1) is 18.7. The Morgan fingerprint density at radius 3 is 2.04 bits per heavy atom. The number of methoxy groups -OCH3 is 1. The molecular formula is C20H31BO4. The predicted molar refractivity (Wildman–Crippen MR) is 101 cm³/mol. The van der Waals surface area contributed by atoms with Gasteiger partial charge in [-0.25, -0.2) is 0 Å². The fraction of sp³-hybridized carbons (Fsp3) is 0.700. The molecule has 0 bridgehead atoms. The first-order valence-corrected chi connectivity index (χ1v) is 9.47. The van der Waals surface area contributed by atoms with Crippen molar-refractivity contribution in [2.24, 2.45) is 0 Å². The second-order valence-corrected chi connectivity index (χ2v) is 8.21. The lowest BCUT2D eigenvalue weighted by Gasteiger charge is -2.32. The van der Waals surface area contributed by atoms with Gasteiger partial charge in [0.2, 0.25) is 0 Å². The Morgan fingerprint density at radius 2 is 1.48 bits per heavy atom. The highest BCUT2D eigenvalue weighted by Gasteiger charge is 2.52. The Bertz CT molecular complexity index is 596. The summed E-state index contributed by atoms with van der Waals surface area (Å²) in [5.41, 5.74) is 3.07. The van der Waals surface area contributed by atoms with Crippen molar-refractivity contribution in [2.75, 3.05) is 13.9 Å². The topological polar surface area (TPSA) is 36.9 Å². The Labute approximate surface area is 152 Å². The van der Waals surface area contributed by atoms with Crippen molar-refractivity contribution >= 4 is 12.6 Å². The van der Waals surface area contributed by atoms with Gasteiger partial charge in [-0.05, 0) is 70.6 Å². The van der Waals surface area contributed by atoms with Crippen molar-refractivity contribution in [3.8, 4) is 5.75 Å². The molecule has 1 aromatic carbocycles. The minimum atomic E-state index is -0.410. The van der Waals surface area contributed by atoms with Gasteiger partial charge in [-0.2, -0.15) is 0 Å². The molecule has 0 N–H and O–H groups in total. The van der Waals surface area contributed by atoms with Crippen LogP contribution in [0.2, 0.25) is 0 Å². The number of hydrogen-bond acceptors (Lipinski definition) is 4. The number of benzene rings is 1. The maximum atomic E-state index is 6.27. The predicted octanol–water partition coefficient (Wildman–Crippen LogP) is 3.63. The monoisotopic (exact) mass is 346 g/mol. The van der Waals surface area contributed by atoms with Crippen LogP contribution in [0.1, 0.15) is 64.5 Å². The van der Waals surface area contributed by atoms with Crippen LogP contribution < -0.4 is 10.2 Å². The molecule has 0 atom stereocenters. The molecule has 2 aliphatic rings. The summed E-state index contributed by atoms with van der Waals surface area (Å²) in [5, 5.41) is 0. The summed E-state index contributed by atoms with van der Waals surface area (Å²) in [5.74, 6) is 0.819. The fourth-order valence-electron chi connectivity index (χ4n) is 3.54. The van der Waals surface area contributed by atoms with Crippen LogP contribution in [-0.2, 0) is 26.9 Å². The van der Waals surface area contributed by atoms with Crippen molar-refractivity contribution in [2.45, 2.75) is 77.4 Å². The van der Waals surface area contributed by atoms with Crippen molar-refractivity contribution in [3.63, 3.8) is 0 Å². The number of rotatable bonds is 4. The zero-order chi connectivity index (χ0) is 18.1. The van der Waals surface area contributed by atoms with E-state index in [-0.39, 0.29) is 18.0 Å². The van der Waals surface area contributed by atoms with Gasteiger partial charge in [0.05, 0.1) is 11.2 Å². The van der Waals surface area contributed by atoms with Crippen molar-refractivity contribution in [3.05, 3.63) is 23.3 Å². The minimum Gasteiger partial charge on any atom is -0.468 e. The number of fused-ring (bicyclic) bond motifs is 1. The highest BCUT2D eigenvalue weighted by atomic mass is 16.7. The van der Waals surface area contributed by atoms with E-state index in [0.29, 0.717) is 0 Å². The Hall–Kier alpha value is -1.04. The fourth-order valence-corrected chi connectivity index (χ4v) is 3.54. The van der Waals surface area contributed by atoms with Gasteiger partial charge in [0.1, 0.15) is 5.75 Å². The first-order chi connectivity index (χ1) is 11.8. The van der Waals surface area contributed by atoms with Gasteiger partial charge in [0.15, 0.2) is 6.79 Å². The van der Waals surface area contributed by atoms with Crippen LogP contribution >= 0.6 is 0 Å². The molecule has 0 radical (unpaired) electrons. The van der Waals surface area contributed by atoms with Crippen LogP contribution in [0.4, 0.5) is 0 Å². The summed E-state index contributed by atoms with van der Waals surface area (Å²) >= 11 is 0. The summed E-state index contributed by atoms with van der Waals surface area (Å²) < 4.78 is 23.6. The van der Waals surface area contributed by atoms with Crippen molar-refractivity contribution in [1.82, 2.24) is 0 Å². The molecule has 3 rings (SSSR count). The molecule has 1 saturated heterocycles. The van der Waals surface area contributed by atoms with Gasteiger partial charge in [-0.15, -0.1) is 0 Å². The third kappa shape index (κ3) is 3.89. The molecule has 0 amide bonds. The van der Waals surface area contributed by atoms with Crippen LogP contribution in [0.5, 0.6) is 5.75 Å². The van der Waals surface area contributed by atoms with Crippen LogP contribution in [0.3, 0.4) is 0 Å². The average molecular weight is 346 g/mol. The molecule has 5 heteroatoms. The van der Waals surface area contributed by atoms with Crippen LogP contribution in [-0.4, -0.2) is 32.2 Å². The molecule has 4 nitrogen and oxygen atoms in total. The highest BCUT2D eigenvalue weighted by molar-refractivity contribution is 6.63. The molecule has 1 heterocycles. The lowest BCUT2D eigenvalue weighted by molar-refractivity contribution is 0.00578. The highest BCUT2D eigenvalue weighted by Crippen LogP contribution is 2.37. The van der Waals surface area contributed by atoms with Crippen LogP contribution in [0.15, 0.2) is 12.1 Å². The molecule has 1 aromatic rings. The number of ether oxygens (including phenoxy) is 2. The zero-order valence-electron chi connectivity index (χ0n) is 16.3. The van der Waals surface area contributed by atoms with E-state index >= 15 is 0 Å². The van der Waals surface area contributed by atoms with Gasteiger partial charge >= 0.3 is 7.12 Å². The van der Waals surface area contributed by atoms with E-state index in [0.717, 1.165) is 24.1 Å². The van der Waals surface area contributed by atoms with E-state index in [1.807, 2.05) is 0 Å². The first-order valence-electron chi connectivity index (χ1n) is 9.47. The number of aryl methyl sites for hydroxylation is 2. The molecule has 0 spiro atoms. The molecule has 0 aromatic heterocycles. The second-order valence-electron chi connectivity index (χ2n) is 8.21. The van der Waals surface area contributed by atoms with Gasteiger partial charge in [0.25, 0.3) is 0 Å². The Morgan fingerprint density at radius 1 is 0.920 bits per heavy atom.